The SMILES string of the molecule is COC(=O)N[C@H](C(=O)N1[C@H](C)CC[C@H]1c1nc(-c2ccc(-c3ccc4cc(-c5c[nH]c([C@@H]6CC[C@@H](C)N6C(=O)[C@@H](NC(=O)OC)C(C)C)n5)ccc4c3)cc2)c[nH]1)C(C)C. The van der Waals surface area contributed by atoms with Crippen LogP contribution in [0.4, 0.5) is 9.59 Å². The molecule has 4 amide bonds. The van der Waals surface area contributed by atoms with Crippen LogP contribution >= 0.6 is 0 Å². The predicted octanol–water partition coefficient (Wildman–Crippen LogP) is 8.15. The number of nitrogens with one attached hydrogen (secondary N) is 4. The minimum Gasteiger partial charge on any atom is -0.453 e. The summed E-state index contributed by atoms with van der Waals surface area (Å²) in [5.74, 6) is 0.934. The second-order valence-electron chi connectivity index (χ2n) is 16.8. The van der Waals surface area contributed by atoms with Crippen molar-refractivity contribution in [2.45, 2.75) is 103 Å². The van der Waals surface area contributed by atoms with Crippen molar-refractivity contribution in [3.63, 3.8) is 0 Å². The van der Waals surface area contributed by atoms with Crippen molar-refractivity contribution < 1.29 is 28.7 Å². The van der Waals surface area contributed by atoms with Crippen LogP contribution in [0.3, 0.4) is 0 Å². The number of fused-ring (bicyclic) bond motifs is 1. The molecule has 2 aliphatic heterocycles. The van der Waals surface area contributed by atoms with Crippen molar-refractivity contribution in [3.05, 3.63) is 84.7 Å². The minimum atomic E-state index is -0.705. The lowest BCUT2D eigenvalue weighted by Gasteiger charge is -2.32. The number of aromatic amines is 2. The van der Waals surface area contributed by atoms with Crippen molar-refractivity contribution in [1.29, 1.82) is 0 Å². The second kappa shape index (κ2) is 17.6. The highest BCUT2D eigenvalue weighted by molar-refractivity contribution is 5.91. The van der Waals surface area contributed by atoms with E-state index in [4.69, 9.17) is 19.4 Å². The van der Waals surface area contributed by atoms with E-state index in [1.165, 1.54) is 14.2 Å². The van der Waals surface area contributed by atoms with E-state index in [-0.39, 0.29) is 47.8 Å². The first-order valence-corrected chi connectivity index (χ1v) is 20.9. The van der Waals surface area contributed by atoms with Crippen molar-refractivity contribution in [3.8, 4) is 33.6 Å². The lowest BCUT2D eigenvalue weighted by Crippen LogP contribution is -2.52. The monoisotopic (exact) mass is 816 g/mol. The number of hydrogen-bond donors (Lipinski definition) is 4. The molecular formula is C46H56N8O6. The maximum atomic E-state index is 13.8. The van der Waals surface area contributed by atoms with Crippen LogP contribution < -0.4 is 10.6 Å². The van der Waals surface area contributed by atoms with Gasteiger partial charge in [-0.3, -0.25) is 9.59 Å². The van der Waals surface area contributed by atoms with Crippen LogP contribution in [0.2, 0.25) is 0 Å². The van der Waals surface area contributed by atoms with Crippen molar-refractivity contribution in [1.82, 2.24) is 40.4 Å². The Morgan fingerprint density at radius 1 is 0.600 bits per heavy atom. The van der Waals surface area contributed by atoms with E-state index in [1.807, 2.05) is 63.7 Å². The molecule has 5 aromatic rings. The predicted molar refractivity (Wildman–Crippen MR) is 229 cm³/mol. The van der Waals surface area contributed by atoms with Crippen molar-refractivity contribution in [2.75, 3.05) is 14.2 Å². The molecule has 4 heterocycles. The maximum Gasteiger partial charge on any atom is 0.407 e. The molecule has 316 valence electrons. The summed E-state index contributed by atoms with van der Waals surface area (Å²) in [7, 11) is 2.59. The minimum absolute atomic E-state index is 0.000495. The van der Waals surface area contributed by atoms with Gasteiger partial charge in [-0.1, -0.05) is 76.2 Å². The van der Waals surface area contributed by atoms with Gasteiger partial charge in [0.25, 0.3) is 0 Å². The number of H-pyrrole nitrogens is 2. The molecule has 4 N–H and O–H groups in total. The van der Waals surface area contributed by atoms with Gasteiger partial charge in [0.1, 0.15) is 23.7 Å². The number of likely N-dealkylation sites (tertiary alicyclic amines) is 2. The molecule has 0 aliphatic carbocycles. The normalized spacial score (nSPS) is 20.1. The molecule has 14 heteroatoms. The number of ether oxygens (including phenoxy) is 2. The summed E-state index contributed by atoms with van der Waals surface area (Å²) in [6, 6.07) is 19.2. The maximum absolute atomic E-state index is 13.8. The van der Waals surface area contributed by atoms with Gasteiger partial charge in [-0.05, 0) is 85.4 Å². The van der Waals surface area contributed by atoms with Gasteiger partial charge in [0.05, 0.1) is 37.7 Å². The van der Waals surface area contributed by atoms with Crippen LogP contribution in [0.5, 0.6) is 0 Å². The first-order chi connectivity index (χ1) is 28.8. The number of alkyl carbamates (subject to hydrolysis) is 2. The molecule has 0 saturated carbocycles. The number of amides is 4. The summed E-state index contributed by atoms with van der Waals surface area (Å²) < 4.78 is 9.59. The van der Waals surface area contributed by atoms with Crippen LogP contribution in [0.25, 0.3) is 44.4 Å². The largest absolute Gasteiger partial charge is 0.453 e. The molecule has 0 radical (unpaired) electrons. The van der Waals surface area contributed by atoms with Gasteiger partial charge in [-0.2, -0.15) is 0 Å². The third-order valence-electron chi connectivity index (χ3n) is 12.1. The Morgan fingerprint density at radius 3 is 1.45 bits per heavy atom. The van der Waals surface area contributed by atoms with Gasteiger partial charge < -0.3 is 39.9 Å². The van der Waals surface area contributed by atoms with Crippen LogP contribution in [0.1, 0.15) is 91.0 Å². The fraction of sp³-hybridized carbons (Fsp3) is 0.435. The van der Waals surface area contributed by atoms with E-state index in [1.54, 1.807) is 0 Å². The highest BCUT2D eigenvalue weighted by Gasteiger charge is 2.42. The molecule has 2 aliphatic rings. The summed E-state index contributed by atoms with van der Waals surface area (Å²) >= 11 is 0. The topological polar surface area (TPSA) is 175 Å². The molecule has 0 bridgehead atoms. The average Bonchev–Trinajstić information content (AvgIpc) is 4.08. The Hall–Kier alpha value is -6.18. The summed E-state index contributed by atoms with van der Waals surface area (Å²) in [5, 5.41) is 7.62. The van der Waals surface area contributed by atoms with Gasteiger partial charge >= 0.3 is 12.2 Å². The molecule has 14 nitrogen and oxygen atoms in total. The Labute approximate surface area is 350 Å². The highest BCUT2D eigenvalue weighted by Crippen LogP contribution is 2.39. The van der Waals surface area contributed by atoms with E-state index in [0.717, 1.165) is 81.7 Å². The highest BCUT2D eigenvalue weighted by atomic mass is 16.5. The fourth-order valence-corrected chi connectivity index (χ4v) is 8.70. The fourth-order valence-electron chi connectivity index (χ4n) is 8.70. The molecule has 7 rings (SSSR count). The number of nitrogens with zero attached hydrogens (tertiary/aromatic N) is 4. The number of aromatic nitrogens is 4. The van der Waals surface area contributed by atoms with Crippen LogP contribution in [-0.2, 0) is 19.1 Å². The average molecular weight is 817 g/mol. The number of hydrogen-bond acceptors (Lipinski definition) is 8. The van der Waals surface area contributed by atoms with Gasteiger partial charge in [-0.15, -0.1) is 0 Å². The van der Waals surface area contributed by atoms with E-state index in [9.17, 15) is 19.2 Å². The lowest BCUT2D eigenvalue weighted by molar-refractivity contribution is -0.138. The Bertz CT molecular complexity index is 2350. The summed E-state index contributed by atoms with van der Waals surface area (Å²) in [4.78, 5) is 72.0. The number of rotatable bonds is 11. The Morgan fingerprint density at radius 2 is 1.00 bits per heavy atom. The van der Waals surface area contributed by atoms with E-state index >= 15 is 0 Å². The van der Waals surface area contributed by atoms with Crippen LogP contribution in [-0.4, -0.2) is 92.1 Å². The van der Waals surface area contributed by atoms with Gasteiger partial charge in [0, 0.05) is 35.6 Å². The Balaban J connectivity index is 1.04. The standard InChI is InChI=1S/C46H56N8O6/c1-25(2)39(51-45(57)59-7)43(55)53-27(5)9-19-37(53)41-47-23-35(49-41)30-13-11-29(12-14-30)31-15-16-33-22-34(18-17-32(33)21-31)36-24-48-42(50-36)38-20-10-28(6)54(38)44(56)40(26(3)4)52-46(58)60-8/h11-18,21-28,37-40H,9-10,19-20H2,1-8H3,(H,47,49)(H,48,50)(H,51,57)(H,52,58)/t27-,28-,37+,38+,39+,40+/m1/s1. The van der Waals surface area contributed by atoms with Crippen molar-refractivity contribution in [2.24, 2.45) is 11.8 Å². The third kappa shape index (κ3) is 8.45. The zero-order chi connectivity index (χ0) is 42.8. The molecule has 0 unspecified atom stereocenters. The molecule has 2 aromatic heterocycles. The molecule has 0 spiro atoms. The quantitative estimate of drug-likeness (QED) is 0.103. The first kappa shape index (κ1) is 42.0. The molecule has 2 fully saturated rings. The van der Waals surface area contributed by atoms with Gasteiger partial charge in [0.15, 0.2) is 0 Å². The summed E-state index contributed by atoms with van der Waals surface area (Å²) in [5.41, 5.74) is 5.67. The summed E-state index contributed by atoms with van der Waals surface area (Å²) in [6.45, 7) is 11.7. The number of carbonyl (C=O) groups is 4. The van der Waals surface area contributed by atoms with Gasteiger partial charge in [-0.25, -0.2) is 19.6 Å². The van der Waals surface area contributed by atoms with Crippen LogP contribution in [0, 0.1) is 11.8 Å². The van der Waals surface area contributed by atoms with Gasteiger partial charge in [0.2, 0.25) is 11.8 Å². The zero-order valence-electron chi connectivity index (χ0n) is 35.6. The molecule has 3 aromatic carbocycles. The second-order valence-corrected chi connectivity index (χ2v) is 16.8. The number of imidazole rings is 2. The number of benzene rings is 3. The Kier molecular flexibility index (Phi) is 12.3. The summed E-state index contributed by atoms with van der Waals surface area (Å²) in [6.07, 6.45) is 5.74. The van der Waals surface area contributed by atoms with E-state index < -0.39 is 24.3 Å². The number of methoxy groups -OCH3 is 2. The first-order valence-electron chi connectivity index (χ1n) is 20.9. The molecule has 6 atom stereocenters. The molecular weight excluding hydrogens is 761 g/mol. The third-order valence-corrected chi connectivity index (χ3v) is 12.1. The smallest absolute Gasteiger partial charge is 0.407 e. The van der Waals surface area contributed by atoms with E-state index in [2.05, 4.69) is 81.3 Å². The molecule has 2 saturated heterocycles. The van der Waals surface area contributed by atoms with E-state index in [0.29, 0.717) is 0 Å². The van der Waals surface area contributed by atoms with Crippen LogP contribution in [0.15, 0.2) is 73.1 Å². The molecule has 60 heavy (non-hydrogen) atoms. The zero-order valence-corrected chi connectivity index (χ0v) is 35.6. The number of carbonyl (C=O) groups excluding carboxylic acids is 4. The lowest BCUT2D eigenvalue weighted by atomic mass is 9.98. The van der Waals surface area contributed by atoms with Crippen molar-refractivity contribution >= 4 is 34.8 Å².